The Morgan fingerprint density at radius 3 is 2.23 bits per heavy atom. The Hall–Kier alpha value is -4.64. The zero-order valence-electron chi connectivity index (χ0n) is 24.8. The molecule has 0 radical (unpaired) electrons. The van der Waals surface area contributed by atoms with Crippen LogP contribution in [0.2, 0.25) is 0 Å². The lowest BCUT2D eigenvalue weighted by Crippen LogP contribution is -2.12. The summed E-state index contributed by atoms with van der Waals surface area (Å²) in [5, 5.41) is 2.15. The van der Waals surface area contributed by atoms with E-state index in [0.29, 0.717) is 46.5 Å². The molecule has 0 spiro atoms. The lowest BCUT2D eigenvalue weighted by molar-refractivity contribution is 0.309. The summed E-state index contributed by atoms with van der Waals surface area (Å²) in [6.45, 7) is 2.29. The van der Waals surface area contributed by atoms with E-state index in [0.717, 1.165) is 21.5 Å². The van der Waals surface area contributed by atoms with Crippen LogP contribution in [-0.4, -0.2) is 57.9 Å². The Balaban J connectivity index is 1.50. The number of ether oxygens (including phenoxy) is 6. The quantitative estimate of drug-likeness (QED) is 0.0906. The molecule has 0 atom stereocenters. The van der Waals surface area contributed by atoms with Gasteiger partial charge in [0.1, 0.15) is 33.8 Å². The SMILES string of the molecule is COc1cc(OC)c2c(=O)c(OCCCSc3ncnc4ccc(C)cc34)c(-c3cc(OC)c(OC)c(OC)c3)oc2c1. The summed E-state index contributed by atoms with van der Waals surface area (Å²) in [5.41, 5.74) is 2.44. The number of benzene rings is 3. The van der Waals surface area contributed by atoms with Crippen molar-refractivity contribution in [2.24, 2.45) is 0 Å². The first-order valence-electron chi connectivity index (χ1n) is 13.4. The van der Waals surface area contributed by atoms with Gasteiger partial charge in [0.05, 0.1) is 47.7 Å². The maximum absolute atomic E-state index is 14.0. The molecular weight excluding hydrogens is 572 g/mol. The molecule has 2 aromatic heterocycles. The molecule has 0 bridgehead atoms. The van der Waals surface area contributed by atoms with Gasteiger partial charge in [0.15, 0.2) is 17.3 Å². The molecule has 5 rings (SSSR count). The van der Waals surface area contributed by atoms with Gasteiger partial charge in [-0.3, -0.25) is 4.79 Å². The van der Waals surface area contributed by atoms with Crippen molar-refractivity contribution < 1.29 is 32.8 Å². The fourth-order valence-corrected chi connectivity index (χ4v) is 5.62. The summed E-state index contributed by atoms with van der Waals surface area (Å²) in [4.78, 5) is 22.8. The lowest BCUT2D eigenvalue weighted by Gasteiger charge is -2.17. The Labute approximate surface area is 252 Å². The van der Waals surface area contributed by atoms with Gasteiger partial charge >= 0.3 is 0 Å². The van der Waals surface area contributed by atoms with Gasteiger partial charge in [-0.2, -0.15) is 0 Å². The average molecular weight is 605 g/mol. The molecule has 0 amide bonds. The number of fused-ring (bicyclic) bond motifs is 2. The normalized spacial score (nSPS) is 11.0. The van der Waals surface area contributed by atoms with Crippen molar-refractivity contribution in [2.75, 3.05) is 47.9 Å². The molecule has 0 fully saturated rings. The van der Waals surface area contributed by atoms with Crippen LogP contribution >= 0.6 is 11.8 Å². The molecule has 0 saturated carbocycles. The van der Waals surface area contributed by atoms with Crippen LogP contribution in [0.3, 0.4) is 0 Å². The zero-order chi connectivity index (χ0) is 30.5. The zero-order valence-corrected chi connectivity index (χ0v) is 25.6. The number of hydrogen-bond donors (Lipinski definition) is 0. The van der Waals surface area contributed by atoms with Gasteiger partial charge in [0.2, 0.25) is 16.9 Å². The van der Waals surface area contributed by atoms with Crippen LogP contribution in [-0.2, 0) is 0 Å². The Bertz CT molecular complexity index is 1810. The maximum Gasteiger partial charge on any atom is 0.239 e. The van der Waals surface area contributed by atoms with E-state index >= 15 is 0 Å². The van der Waals surface area contributed by atoms with Gasteiger partial charge in [-0.25, -0.2) is 9.97 Å². The number of aryl methyl sites for hydroxylation is 1. The van der Waals surface area contributed by atoms with Gasteiger partial charge < -0.3 is 32.8 Å². The van der Waals surface area contributed by atoms with Gasteiger partial charge in [-0.15, -0.1) is 11.8 Å². The van der Waals surface area contributed by atoms with E-state index in [9.17, 15) is 4.79 Å². The molecule has 0 unspecified atom stereocenters. The van der Waals surface area contributed by atoms with Crippen LogP contribution in [0.5, 0.6) is 34.5 Å². The van der Waals surface area contributed by atoms with Gasteiger partial charge in [0, 0.05) is 28.8 Å². The number of thioether (sulfide) groups is 1. The van der Waals surface area contributed by atoms with Crippen molar-refractivity contribution in [1.29, 1.82) is 0 Å². The summed E-state index contributed by atoms with van der Waals surface area (Å²) in [7, 11) is 7.57. The predicted molar refractivity (Wildman–Crippen MR) is 166 cm³/mol. The van der Waals surface area contributed by atoms with Gasteiger partial charge in [-0.05, 0) is 37.6 Å². The van der Waals surface area contributed by atoms with E-state index in [4.69, 9.17) is 32.8 Å². The van der Waals surface area contributed by atoms with Crippen molar-refractivity contribution in [2.45, 2.75) is 18.4 Å². The minimum Gasteiger partial charge on any atom is -0.496 e. The minimum absolute atomic E-state index is 0.0401. The first-order chi connectivity index (χ1) is 20.9. The number of rotatable bonds is 12. The average Bonchev–Trinajstić information content (AvgIpc) is 3.03. The smallest absolute Gasteiger partial charge is 0.239 e. The second-order valence-electron chi connectivity index (χ2n) is 9.46. The lowest BCUT2D eigenvalue weighted by atomic mass is 10.1. The van der Waals surface area contributed by atoms with Crippen molar-refractivity contribution >= 4 is 33.6 Å². The molecule has 43 heavy (non-hydrogen) atoms. The molecule has 0 N–H and O–H groups in total. The summed E-state index contributed by atoms with van der Waals surface area (Å²) in [6, 6.07) is 12.8. The van der Waals surface area contributed by atoms with E-state index < -0.39 is 0 Å². The topological polar surface area (TPSA) is 111 Å². The highest BCUT2D eigenvalue weighted by Gasteiger charge is 2.24. The summed E-state index contributed by atoms with van der Waals surface area (Å²) in [5.74, 6) is 2.95. The molecule has 0 aliphatic carbocycles. The van der Waals surface area contributed by atoms with Crippen molar-refractivity contribution in [3.05, 3.63) is 64.6 Å². The number of nitrogens with zero attached hydrogens (tertiary/aromatic N) is 2. The minimum atomic E-state index is -0.380. The van der Waals surface area contributed by atoms with Crippen LogP contribution in [0.1, 0.15) is 12.0 Å². The molecular formula is C32H32N2O8S. The van der Waals surface area contributed by atoms with Crippen molar-refractivity contribution in [1.82, 2.24) is 9.97 Å². The molecule has 11 heteroatoms. The molecule has 224 valence electrons. The van der Waals surface area contributed by atoms with Crippen LogP contribution in [0.25, 0.3) is 33.2 Å². The third-order valence-corrected chi connectivity index (χ3v) is 7.89. The highest BCUT2D eigenvalue weighted by atomic mass is 32.2. The molecule has 0 aliphatic heterocycles. The first-order valence-corrected chi connectivity index (χ1v) is 14.4. The summed E-state index contributed by atoms with van der Waals surface area (Å²) in [6.07, 6.45) is 2.21. The Morgan fingerprint density at radius 1 is 0.814 bits per heavy atom. The molecule has 5 aromatic rings. The molecule has 0 saturated heterocycles. The van der Waals surface area contributed by atoms with Crippen LogP contribution in [0.15, 0.2) is 63.0 Å². The third kappa shape index (κ3) is 5.98. The fraction of sp³-hybridized carbons (Fsp3) is 0.281. The third-order valence-electron chi connectivity index (χ3n) is 6.80. The number of methoxy groups -OCH3 is 5. The van der Waals surface area contributed by atoms with E-state index in [-0.39, 0.29) is 34.5 Å². The Morgan fingerprint density at radius 2 is 1.56 bits per heavy atom. The van der Waals surface area contributed by atoms with Crippen LogP contribution < -0.4 is 33.8 Å². The summed E-state index contributed by atoms with van der Waals surface area (Å²) < 4.78 is 40.0. The number of hydrogen-bond acceptors (Lipinski definition) is 11. The second kappa shape index (κ2) is 13.1. The highest BCUT2D eigenvalue weighted by molar-refractivity contribution is 7.99. The Kier molecular flexibility index (Phi) is 9.10. The van der Waals surface area contributed by atoms with Crippen LogP contribution in [0, 0.1) is 6.92 Å². The van der Waals surface area contributed by atoms with Crippen molar-refractivity contribution in [3.8, 4) is 45.8 Å². The molecule has 10 nitrogen and oxygen atoms in total. The van der Waals surface area contributed by atoms with E-state index in [1.54, 1.807) is 42.4 Å². The largest absolute Gasteiger partial charge is 0.496 e. The van der Waals surface area contributed by atoms with Gasteiger partial charge in [-0.1, -0.05) is 11.6 Å². The highest BCUT2D eigenvalue weighted by Crippen LogP contribution is 2.44. The van der Waals surface area contributed by atoms with E-state index in [1.165, 1.54) is 35.5 Å². The van der Waals surface area contributed by atoms with E-state index in [2.05, 4.69) is 16.0 Å². The first kappa shape index (κ1) is 29.8. The molecule has 3 aromatic carbocycles. The standard InChI is InChI=1S/C32H32N2O8S/c1-18-8-9-22-21(12-18)32(34-17-33-22)43-11-7-10-41-31-28(35)27-23(37-3)15-20(36-2)16-24(27)42-29(31)19-13-25(38-4)30(40-6)26(14-19)39-5/h8-9,12-17H,7,10-11H2,1-6H3. The summed E-state index contributed by atoms with van der Waals surface area (Å²) >= 11 is 1.61. The van der Waals surface area contributed by atoms with Crippen LogP contribution in [0.4, 0.5) is 0 Å². The fourth-order valence-electron chi connectivity index (χ4n) is 4.72. The van der Waals surface area contributed by atoms with Gasteiger partial charge in [0.25, 0.3) is 0 Å². The van der Waals surface area contributed by atoms with Crippen molar-refractivity contribution in [3.63, 3.8) is 0 Å². The maximum atomic E-state index is 14.0. The second-order valence-corrected chi connectivity index (χ2v) is 10.5. The molecule has 0 aliphatic rings. The number of aromatic nitrogens is 2. The monoisotopic (exact) mass is 604 g/mol. The molecule has 2 heterocycles. The van der Waals surface area contributed by atoms with E-state index in [1.807, 2.05) is 19.1 Å². The predicted octanol–water partition coefficient (Wildman–Crippen LogP) is 6.32.